The topological polar surface area (TPSA) is 292 Å². The van der Waals surface area contributed by atoms with E-state index in [4.69, 9.17) is 38.4 Å². The lowest BCUT2D eigenvalue weighted by Gasteiger charge is -2.37. The summed E-state index contributed by atoms with van der Waals surface area (Å²) < 4.78 is 148. The van der Waals surface area contributed by atoms with E-state index in [9.17, 15) is 63.5 Å². The molecule has 0 amide bonds. The Bertz CT molecular complexity index is 6980. The number of thiazole rings is 3. The van der Waals surface area contributed by atoms with Crippen LogP contribution in [0.2, 0.25) is 5.02 Å². The molecule has 688 valence electrons. The predicted octanol–water partition coefficient (Wildman–Crippen LogP) is 17.1. The molecule has 15 heterocycles. The van der Waals surface area contributed by atoms with Gasteiger partial charge in [0.05, 0.1) is 39.9 Å². The maximum absolute atomic E-state index is 12.8. The van der Waals surface area contributed by atoms with Gasteiger partial charge in [0.1, 0.15) is 48.7 Å². The molecule has 4 N–H and O–H groups in total. The van der Waals surface area contributed by atoms with Gasteiger partial charge in [-0.15, -0.1) is 34.0 Å². The monoisotopic (exact) mass is 1890 g/mol. The van der Waals surface area contributed by atoms with Crippen LogP contribution >= 0.6 is 45.6 Å². The number of aromatic nitrogens is 5. The van der Waals surface area contributed by atoms with E-state index < -0.39 is 63.7 Å². The standard InChI is InChI=1S/2C19H18F3N3O2S.C19H19N3O3.C18H16ClN3O2.C18H16F3N3O2S/c1-10-7-25(8-11(2)23-10)13-4-3-12-5-14(18(26)27-15(12)6-13)17-24-16(9-28-17)19(20,21)22;1-24-5-2-6-25(8-7-24)13-4-3-12-9-14(18(26)27-15(12)10-13)17-23-16(11-28-17)19(20,21)22;1-24-17-4-5-21-12-16(17)15-10-13-2-3-14(11-18(13)25-19(15)23)22-8-6-20-7-9-22;19-16-3-4-21-11-15(16)14-9-12-1-2-13(10-17(12)24-18(14)23)22-7-5-20-6-8-22;19-18(20,21)15-10-27-16(23-15)13-8-11-2-3-12(9-14(11)26-17(13)25)24-6-1-4-22-5-7-24/h3-6,9-11,23H,7-8H2,1-2H3;3-4,9-11H,2,5-8H2,1H3;2-5,10-12,20H,6-9H2,1H3;1-4,9-11,20H,5-8H2;2-3,8-10,22H,1,4-7H2/t10-,11+;;;;. The van der Waals surface area contributed by atoms with Crippen molar-refractivity contribution in [2.75, 3.05) is 156 Å². The molecule has 10 aromatic heterocycles. The minimum absolute atomic E-state index is 0.000596. The van der Waals surface area contributed by atoms with Crippen molar-refractivity contribution in [1.82, 2.24) is 51.1 Å². The summed E-state index contributed by atoms with van der Waals surface area (Å²) in [4.78, 5) is 94.3. The molecule has 0 spiro atoms. The summed E-state index contributed by atoms with van der Waals surface area (Å²) in [5.41, 5.74) is 3.69. The van der Waals surface area contributed by atoms with Crippen LogP contribution in [0.4, 0.5) is 68.0 Å². The zero-order chi connectivity index (χ0) is 92.7. The van der Waals surface area contributed by atoms with Crippen LogP contribution in [-0.4, -0.2) is 174 Å². The Morgan fingerprint density at radius 1 is 0.379 bits per heavy atom. The maximum atomic E-state index is 12.8. The molecule has 0 unspecified atom stereocenters. The molecular formula is C93H87ClF9N15O11S3. The van der Waals surface area contributed by atoms with Gasteiger partial charge in [0, 0.05) is 255 Å². The van der Waals surface area contributed by atoms with Gasteiger partial charge in [-0.2, -0.15) is 39.5 Å². The Balaban J connectivity index is 0.000000121. The molecule has 0 radical (unpaired) electrons. The zero-order valence-corrected chi connectivity index (χ0v) is 74.7. The number of nitrogens with zero attached hydrogens (tertiary/aromatic N) is 11. The molecule has 20 rings (SSSR count). The molecule has 5 aliphatic heterocycles. The fourth-order valence-corrected chi connectivity index (χ4v) is 18.7. The number of pyridine rings is 2. The van der Waals surface area contributed by atoms with Crippen LogP contribution in [-0.2, 0) is 18.5 Å². The molecule has 26 nitrogen and oxygen atoms in total. The fraction of sp³-hybridized carbons (Fsp3) is 0.312. The fourth-order valence-electron chi connectivity index (χ4n) is 16.0. The van der Waals surface area contributed by atoms with Crippen molar-refractivity contribution >= 4 is 129 Å². The zero-order valence-electron chi connectivity index (χ0n) is 71.5. The summed E-state index contributed by atoms with van der Waals surface area (Å²) in [5, 5.41) is 20.3. The number of methoxy groups -OCH3 is 1. The Labute approximate surface area is 763 Å². The molecule has 5 fully saturated rings. The third-order valence-electron chi connectivity index (χ3n) is 22.7. The van der Waals surface area contributed by atoms with Crippen molar-refractivity contribution in [2.24, 2.45) is 0 Å². The highest BCUT2D eigenvalue weighted by Gasteiger charge is 2.37. The van der Waals surface area contributed by atoms with E-state index in [2.05, 4.69) is 109 Å². The summed E-state index contributed by atoms with van der Waals surface area (Å²) >= 11 is 8.50. The third kappa shape index (κ3) is 22.0. The highest BCUT2D eigenvalue weighted by Crippen LogP contribution is 2.40. The summed E-state index contributed by atoms with van der Waals surface area (Å²) in [5.74, 6) is 0.596. The van der Waals surface area contributed by atoms with E-state index in [1.54, 1.807) is 62.2 Å². The van der Waals surface area contributed by atoms with Crippen molar-refractivity contribution < 1.29 is 66.3 Å². The molecular weight excluding hydrogens is 1810 g/mol. The first-order valence-corrected chi connectivity index (χ1v) is 45.3. The lowest BCUT2D eigenvalue weighted by Crippen LogP contribution is -2.54. The maximum Gasteiger partial charge on any atom is 0.434 e. The van der Waals surface area contributed by atoms with E-state index in [-0.39, 0.29) is 31.7 Å². The lowest BCUT2D eigenvalue weighted by molar-refractivity contribution is -0.141. The third-order valence-corrected chi connectivity index (χ3v) is 25.7. The van der Waals surface area contributed by atoms with Crippen molar-refractivity contribution in [2.45, 2.75) is 57.3 Å². The highest BCUT2D eigenvalue weighted by atomic mass is 35.5. The first-order chi connectivity index (χ1) is 63.4. The number of hydrogen-bond acceptors (Lipinski definition) is 29. The number of ether oxygens (including phenoxy) is 1. The number of halogens is 10. The van der Waals surface area contributed by atoms with Gasteiger partial charge in [-0.25, -0.2) is 38.9 Å². The van der Waals surface area contributed by atoms with Crippen LogP contribution in [0.3, 0.4) is 0 Å². The SMILES string of the molecule is CN1CCCN(c2ccc3cc(-c4nc(C(F)(F)F)cs4)c(=O)oc3c2)CC1.COc1ccncc1-c1cc2ccc(N3CCNCC3)cc2oc1=O.C[C@@H]1CN(c2ccc3cc(-c4nc(C(F)(F)F)cs4)c(=O)oc3c2)C[C@H](C)N1.O=c1oc2cc(N3CCCNCC3)ccc2cc1-c1nc(C(F)(F)F)cs1.O=c1oc2cc(N3CCNCC3)ccc2cc1-c1cnccc1Cl. The number of fused-ring (bicyclic) bond motifs is 5. The average molecular weight is 1890 g/mol. The second-order valence-electron chi connectivity index (χ2n) is 32.0. The van der Waals surface area contributed by atoms with Gasteiger partial charge < -0.3 is 77.5 Å². The van der Waals surface area contributed by atoms with Crippen LogP contribution < -0.4 is 78.6 Å². The summed E-state index contributed by atoms with van der Waals surface area (Å²) in [6.07, 6.45) is -5.14. The summed E-state index contributed by atoms with van der Waals surface area (Å²) in [6, 6.07) is 40.9. The van der Waals surface area contributed by atoms with Crippen molar-refractivity contribution in [3.63, 3.8) is 0 Å². The molecule has 0 saturated carbocycles. The Hall–Kier alpha value is -12.4. The highest BCUT2D eigenvalue weighted by molar-refractivity contribution is 7.13. The molecule has 5 aromatic carbocycles. The molecule has 132 heavy (non-hydrogen) atoms. The average Bonchev–Trinajstić information content (AvgIpc) is 1.02. The molecule has 15 aromatic rings. The number of benzene rings is 5. The molecule has 5 saturated heterocycles. The molecule has 2 atom stereocenters. The first kappa shape index (κ1) is 92.9. The minimum atomic E-state index is -4.54. The van der Waals surface area contributed by atoms with E-state index >= 15 is 0 Å². The number of piperazine rings is 3. The quantitative estimate of drug-likeness (QED) is 0.0691. The van der Waals surface area contributed by atoms with Crippen LogP contribution in [0, 0.1) is 0 Å². The second kappa shape index (κ2) is 40.4. The van der Waals surface area contributed by atoms with Gasteiger partial charge in [-0.05, 0) is 150 Å². The van der Waals surface area contributed by atoms with Crippen molar-refractivity contribution in [3.05, 3.63) is 249 Å². The lowest BCUT2D eigenvalue weighted by atomic mass is 10.1. The molecule has 0 bridgehead atoms. The van der Waals surface area contributed by atoms with Gasteiger partial charge in [0.2, 0.25) is 0 Å². The number of nitrogens with one attached hydrogen (secondary N) is 4. The Morgan fingerprint density at radius 3 is 1.08 bits per heavy atom. The number of alkyl halides is 9. The normalized spacial score (nSPS) is 16.6. The molecule has 0 aliphatic carbocycles. The first-order valence-electron chi connectivity index (χ1n) is 42.3. The van der Waals surface area contributed by atoms with Gasteiger partial charge >= 0.3 is 46.7 Å². The molecule has 39 heteroatoms. The second-order valence-corrected chi connectivity index (χ2v) is 35.0. The Kier molecular flexibility index (Phi) is 28.4. The predicted molar refractivity (Wildman–Crippen MR) is 497 cm³/mol. The smallest absolute Gasteiger partial charge is 0.434 e. The minimum Gasteiger partial charge on any atom is -0.496 e. The van der Waals surface area contributed by atoms with Gasteiger partial charge in [-0.3, -0.25) is 9.97 Å². The van der Waals surface area contributed by atoms with Crippen molar-refractivity contribution in [1.29, 1.82) is 0 Å². The van der Waals surface area contributed by atoms with Gasteiger partial charge in [0.15, 0.2) is 17.1 Å². The van der Waals surface area contributed by atoms with Crippen LogP contribution in [0.15, 0.2) is 220 Å². The number of hydrogen-bond donors (Lipinski definition) is 4. The number of likely N-dealkylation sites (N-methyl/N-ethyl adjacent to an activating group) is 1. The van der Waals surface area contributed by atoms with E-state index in [0.29, 0.717) is 89.2 Å². The summed E-state index contributed by atoms with van der Waals surface area (Å²) in [6.45, 7) is 20.9. The van der Waals surface area contributed by atoms with Crippen LogP contribution in [0.5, 0.6) is 5.75 Å². The van der Waals surface area contributed by atoms with Crippen LogP contribution in [0.1, 0.15) is 43.8 Å². The van der Waals surface area contributed by atoms with Crippen molar-refractivity contribution in [3.8, 4) is 59.7 Å². The van der Waals surface area contributed by atoms with E-state index in [1.807, 2.05) is 78.9 Å². The molecule has 5 aliphatic rings. The summed E-state index contributed by atoms with van der Waals surface area (Å²) in [7, 11) is 3.66. The number of rotatable bonds is 11. The Morgan fingerprint density at radius 2 is 0.705 bits per heavy atom. The number of anilines is 5. The van der Waals surface area contributed by atoms with E-state index in [1.165, 1.54) is 12.1 Å². The van der Waals surface area contributed by atoms with E-state index in [0.717, 1.165) is 220 Å². The van der Waals surface area contributed by atoms with Gasteiger partial charge in [-0.1, -0.05) is 11.6 Å². The van der Waals surface area contributed by atoms with Crippen LogP contribution in [0.25, 0.3) is 109 Å². The largest absolute Gasteiger partial charge is 0.496 e. The van der Waals surface area contributed by atoms with Gasteiger partial charge in [0.25, 0.3) is 0 Å².